The van der Waals surface area contributed by atoms with Gasteiger partial charge in [0.05, 0.1) is 0 Å². The number of likely N-dealkylation sites (tertiary alicyclic amines) is 1. The van der Waals surface area contributed by atoms with Crippen LogP contribution >= 0.6 is 0 Å². The van der Waals surface area contributed by atoms with E-state index < -0.39 is 12.0 Å². The van der Waals surface area contributed by atoms with E-state index in [1.807, 2.05) is 12.1 Å². The lowest BCUT2D eigenvalue weighted by Crippen LogP contribution is -2.52. The molecule has 0 aliphatic carbocycles. The molecule has 2 saturated heterocycles. The molecule has 8 nitrogen and oxygen atoms in total. The molecule has 1 aromatic carbocycles. The molecule has 2 fully saturated rings. The number of carboxylic acid groups (broad SMARTS) is 1. The van der Waals surface area contributed by atoms with Gasteiger partial charge in [0.2, 0.25) is 11.8 Å². The molecule has 1 unspecified atom stereocenters. The first-order chi connectivity index (χ1) is 14.9. The summed E-state index contributed by atoms with van der Waals surface area (Å²) in [5.74, 6) is -1.12. The fourth-order valence-electron chi connectivity index (χ4n) is 4.93. The average Bonchev–Trinajstić information content (AvgIpc) is 3.07. The van der Waals surface area contributed by atoms with E-state index in [2.05, 4.69) is 16.3 Å². The molecule has 3 heterocycles. The van der Waals surface area contributed by atoms with Gasteiger partial charge in [-0.25, -0.2) is 0 Å². The summed E-state index contributed by atoms with van der Waals surface area (Å²) in [6.45, 7) is 3.30. The standard InChI is InChI=1S/C23H29N3O5/c27-20-7-6-19(22(30)24-20)26-14-17-5-4-16(13-18(17)23(26)31)15-8-11-25(12-9-15)10-2-1-3-21(28)29/h4-5,13,15,19H,1-3,6-12,14H2,(H,28,29)(H,24,27,30). The molecule has 3 aliphatic rings. The van der Waals surface area contributed by atoms with Gasteiger partial charge in [0, 0.05) is 24.9 Å². The Bertz CT molecular complexity index is 891. The molecule has 8 heteroatoms. The molecule has 2 N–H and O–H groups in total. The third-order valence-corrected chi connectivity index (χ3v) is 6.73. The Kier molecular flexibility index (Phi) is 6.36. The normalized spacial score (nSPS) is 22.5. The van der Waals surface area contributed by atoms with Crippen molar-refractivity contribution in [3.05, 3.63) is 34.9 Å². The molecule has 0 aromatic heterocycles. The number of hydrogen-bond acceptors (Lipinski definition) is 5. The van der Waals surface area contributed by atoms with Gasteiger partial charge in [-0.2, -0.15) is 0 Å². The fourth-order valence-corrected chi connectivity index (χ4v) is 4.93. The minimum absolute atomic E-state index is 0.123. The monoisotopic (exact) mass is 427 g/mol. The van der Waals surface area contributed by atoms with Crippen LogP contribution in [-0.4, -0.2) is 64.3 Å². The SMILES string of the molecule is O=C(O)CCCCN1CCC(c2ccc3c(c2)C(=O)N(C2CCC(=O)NC2=O)C3)CC1. The van der Waals surface area contributed by atoms with Crippen LogP contribution in [0.25, 0.3) is 0 Å². The summed E-state index contributed by atoms with van der Waals surface area (Å²) >= 11 is 0. The summed E-state index contributed by atoms with van der Waals surface area (Å²) in [7, 11) is 0. The van der Waals surface area contributed by atoms with Gasteiger partial charge in [0.25, 0.3) is 5.91 Å². The number of benzene rings is 1. The van der Waals surface area contributed by atoms with E-state index in [-0.39, 0.29) is 30.6 Å². The maximum absolute atomic E-state index is 13.0. The Labute approximate surface area is 181 Å². The Morgan fingerprint density at radius 1 is 1.10 bits per heavy atom. The molecule has 1 atom stereocenters. The summed E-state index contributed by atoms with van der Waals surface area (Å²) < 4.78 is 0. The number of unbranched alkanes of at least 4 members (excludes halogenated alkanes) is 1. The van der Waals surface area contributed by atoms with E-state index in [0.717, 1.165) is 44.5 Å². The maximum atomic E-state index is 13.0. The number of aliphatic carboxylic acids is 1. The van der Waals surface area contributed by atoms with Crippen molar-refractivity contribution < 1.29 is 24.3 Å². The summed E-state index contributed by atoms with van der Waals surface area (Å²) in [5, 5.41) is 11.1. The Hall–Kier alpha value is -2.74. The largest absolute Gasteiger partial charge is 0.481 e. The smallest absolute Gasteiger partial charge is 0.303 e. The van der Waals surface area contributed by atoms with Crippen LogP contribution in [0.5, 0.6) is 0 Å². The first-order valence-electron chi connectivity index (χ1n) is 11.1. The molecule has 1 aromatic rings. The minimum Gasteiger partial charge on any atom is -0.481 e. The third kappa shape index (κ3) is 4.79. The zero-order chi connectivity index (χ0) is 22.0. The minimum atomic E-state index is -0.735. The van der Waals surface area contributed by atoms with Gasteiger partial charge in [0.15, 0.2) is 0 Å². The lowest BCUT2D eigenvalue weighted by molar-refractivity contribution is -0.138. The first kappa shape index (κ1) is 21.5. The number of nitrogens with zero attached hydrogens (tertiary/aromatic N) is 2. The van der Waals surface area contributed by atoms with Crippen molar-refractivity contribution in [2.45, 2.75) is 63.5 Å². The predicted octanol–water partition coefficient (Wildman–Crippen LogP) is 1.88. The molecule has 166 valence electrons. The van der Waals surface area contributed by atoms with Crippen molar-refractivity contribution in [2.24, 2.45) is 0 Å². The van der Waals surface area contributed by atoms with Crippen LogP contribution in [0, 0.1) is 0 Å². The number of carbonyl (C=O) groups is 4. The van der Waals surface area contributed by atoms with E-state index in [0.29, 0.717) is 30.9 Å². The van der Waals surface area contributed by atoms with E-state index in [1.54, 1.807) is 4.90 Å². The van der Waals surface area contributed by atoms with Gasteiger partial charge in [-0.1, -0.05) is 12.1 Å². The van der Waals surface area contributed by atoms with Crippen molar-refractivity contribution in [3.8, 4) is 0 Å². The maximum Gasteiger partial charge on any atom is 0.303 e. The highest BCUT2D eigenvalue weighted by Gasteiger charge is 2.39. The number of nitrogens with one attached hydrogen (secondary N) is 1. The average molecular weight is 428 g/mol. The van der Waals surface area contributed by atoms with Crippen molar-refractivity contribution in [3.63, 3.8) is 0 Å². The van der Waals surface area contributed by atoms with E-state index >= 15 is 0 Å². The highest BCUT2D eigenvalue weighted by molar-refractivity contribution is 6.05. The zero-order valence-electron chi connectivity index (χ0n) is 17.6. The van der Waals surface area contributed by atoms with Gasteiger partial charge >= 0.3 is 5.97 Å². The topological polar surface area (TPSA) is 107 Å². The van der Waals surface area contributed by atoms with E-state index in [4.69, 9.17) is 5.11 Å². The summed E-state index contributed by atoms with van der Waals surface area (Å²) in [6, 6.07) is 5.53. The Morgan fingerprint density at radius 3 is 2.58 bits per heavy atom. The second-order valence-corrected chi connectivity index (χ2v) is 8.78. The molecule has 0 radical (unpaired) electrons. The molecule has 3 aliphatic heterocycles. The van der Waals surface area contributed by atoms with Gasteiger partial charge in [-0.3, -0.25) is 24.5 Å². The van der Waals surface area contributed by atoms with Crippen LogP contribution in [-0.2, 0) is 20.9 Å². The van der Waals surface area contributed by atoms with Crippen molar-refractivity contribution in [2.75, 3.05) is 19.6 Å². The second kappa shape index (κ2) is 9.18. The zero-order valence-corrected chi connectivity index (χ0v) is 17.6. The summed E-state index contributed by atoms with van der Waals surface area (Å²) in [5.41, 5.74) is 2.79. The van der Waals surface area contributed by atoms with Gasteiger partial charge in [-0.05, 0) is 74.8 Å². The number of carboxylic acids is 1. The molecule has 0 saturated carbocycles. The highest BCUT2D eigenvalue weighted by atomic mass is 16.4. The number of hydrogen-bond donors (Lipinski definition) is 2. The van der Waals surface area contributed by atoms with Crippen LogP contribution in [0.2, 0.25) is 0 Å². The summed E-state index contributed by atoms with van der Waals surface area (Å²) in [6.07, 6.45) is 4.52. The quantitative estimate of drug-likeness (QED) is 0.508. The Morgan fingerprint density at radius 2 is 1.87 bits per heavy atom. The number of carbonyl (C=O) groups excluding carboxylic acids is 3. The van der Waals surface area contributed by atoms with Crippen LogP contribution in [0.15, 0.2) is 18.2 Å². The lowest BCUT2D eigenvalue weighted by Gasteiger charge is -2.32. The van der Waals surface area contributed by atoms with Crippen LogP contribution in [0.3, 0.4) is 0 Å². The van der Waals surface area contributed by atoms with Crippen LogP contribution in [0.1, 0.15) is 72.3 Å². The first-order valence-corrected chi connectivity index (χ1v) is 11.1. The van der Waals surface area contributed by atoms with Crippen molar-refractivity contribution in [1.29, 1.82) is 0 Å². The van der Waals surface area contributed by atoms with Gasteiger partial charge < -0.3 is 14.9 Å². The third-order valence-electron chi connectivity index (χ3n) is 6.73. The van der Waals surface area contributed by atoms with E-state index in [1.165, 1.54) is 5.56 Å². The number of amides is 3. The molecule has 4 rings (SSSR count). The fraction of sp³-hybridized carbons (Fsp3) is 0.565. The highest BCUT2D eigenvalue weighted by Crippen LogP contribution is 2.33. The van der Waals surface area contributed by atoms with Crippen molar-refractivity contribution >= 4 is 23.7 Å². The molecule has 31 heavy (non-hydrogen) atoms. The van der Waals surface area contributed by atoms with Crippen LogP contribution < -0.4 is 5.32 Å². The number of piperidine rings is 2. The number of imide groups is 1. The number of fused-ring (bicyclic) bond motifs is 1. The predicted molar refractivity (Wildman–Crippen MR) is 112 cm³/mol. The van der Waals surface area contributed by atoms with Gasteiger partial charge in [0.1, 0.15) is 6.04 Å². The molecular weight excluding hydrogens is 398 g/mol. The van der Waals surface area contributed by atoms with Crippen LogP contribution in [0.4, 0.5) is 0 Å². The molecular formula is C23H29N3O5. The van der Waals surface area contributed by atoms with Crippen molar-refractivity contribution in [1.82, 2.24) is 15.1 Å². The van der Waals surface area contributed by atoms with Gasteiger partial charge in [-0.15, -0.1) is 0 Å². The summed E-state index contributed by atoms with van der Waals surface area (Å²) in [4.78, 5) is 51.2. The second-order valence-electron chi connectivity index (χ2n) is 8.78. The molecule has 3 amide bonds. The Balaban J connectivity index is 1.34. The molecule has 0 bridgehead atoms. The molecule has 0 spiro atoms. The lowest BCUT2D eigenvalue weighted by atomic mass is 9.88. The van der Waals surface area contributed by atoms with E-state index in [9.17, 15) is 19.2 Å². The number of rotatable bonds is 7.